The molecule has 0 N–H and O–H groups in total. The molecule has 26 heavy (non-hydrogen) atoms. The quantitative estimate of drug-likeness (QED) is 0.730. The van der Waals surface area contributed by atoms with Crippen LogP contribution < -0.4 is 0 Å². The predicted molar refractivity (Wildman–Crippen MR) is 82.7 cm³/mol. The zero-order chi connectivity index (χ0) is 18.7. The van der Waals surface area contributed by atoms with Crippen molar-refractivity contribution < 1.29 is 26.8 Å². The number of furan rings is 1. The van der Waals surface area contributed by atoms with Gasteiger partial charge in [-0.05, 0) is 18.2 Å². The molecule has 2 aromatic rings. The monoisotopic (exact) mass is 374 g/mol. The number of piperazine rings is 1. The molecule has 1 aliphatic rings. The van der Waals surface area contributed by atoms with Crippen LogP contribution in [0.1, 0.15) is 30.0 Å². The van der Waals surface area contributed by atoms with Crippen LogP contribution in [-0.2, 0) is 17.9 Å². The summed E-state index contributed by atoms with van der Waals surface area (Å²) in [6.07, 6.45) is -4.35. The average molecular weight is 374 g/mol. The van der Waals surface area contributed by atoms with Gasteiger partial charge in [0.05, 0.1) is 12.8 Å². The average Bonchev–Trinajstić information content (AvgIpc) is 3.25. The summed E-state index contributed by atoms with van der Waals surface area (Å²) in [5.41, 5.74) is -1.43. The third kappa shape index (κ3) is 4.24. The van der Waals surface area contributed by atoms with Gasteiger partial charge in [0.25, 0.3) is 12.9 Å². The van der Waals surface area contributed by atoms with Crippen LogP contribution >= 0.6 is 0 Å². The number of amides is 1. The van der Waals surface area contributed by atoms with Gasteiger partial charge in [0, 0.05) is 26.2 Å². The van der Waals surface area contributed by atoms with Crippen LogP contribution in [0.2, 0.25) is 0 Å². The molecule has 10 heteroatoms. The summed E-state index contributed by atoms with van der Waals surface area (Å²) in [7, 11) is 0. The van der Waals surface area contributed by atoms with Gasteiger partial charge in [-0.1, -0.05) is 0 Å². The van der Waals surface area contributed by atoms with Crippen molar-refractivity contribution in [3.8, 4) is 0 Å². The number of rotatable bonds is 6. The molecule has 1 aliphatic heterocycles. The van der Waals surface area contributed by atoms with Crippen molar-refractivity contribution in [2.75, 3.05) is 26.2 Å². The number of carbonyl (C=O) groups is 1. The minimum absolute atomic E-state index is 0.423. The van der Waals surface area contributed by atoms with Crippen molar-refractivity contribution >= 4 is 5.91 Å². The molecule has 0 saturated carbocycles. The Kier molecular flexibility index (Phi) is 5.60. The van der Waals surface area contributed by atoms with Crippen molar-refractivity contribution in [2.45, 2.75) is 25.9 Å². The van der Waals surface area contributed by atoms with Crippen LogP contribution in [0.25, 0.3) is 0 Å². The largest absolute Gasteiger partial charge is 0.468 e. The van der Waals surface area contributed by atoms with E-state index in [1.807, 2.05) is 6.07 Å². The number of aromatic nitrogens is 2. The van der Waals surface area contributed by atoms with Gasteiger partial charge in [-0.25, -0.2) is 17.6 Å². The van der Waals surface area contributed by atoms with Gasteiger partial charge >= 0.3 is 0 Å². The van der Waals surface area contributed by atoms with E-state index in [-0.39, 0.29) is 0 Å². The number of carbonyl (C=O) groups excluding carboxylic acids is 1. The summed E-state index contributed by atoms with van der Waals surface area (Å²) < 4.78 is 57.3. The third-order valence-corrected chi connectivity index (χ3v) is 4.25. The van der Waals surface area contributed by atoms with Crippen LogP contribution in [0.3, 0.4) is 0 Å². The zero-order valence-corrected chi connectivity index (χ0v) is 13.8. The van der Waals surface area contributed by atoms with Crippen molar-refractivity contribution in [2.24, 2.45) is 0 Å². The molecule has 2 aromatic heterocycles. The Hall–Kier alpha value is -2.36. The summed E-state index contributed by atoms with van der Waals surface area (Å²) >= 11 is 0. The highest BCUT2D eigenvalue weighted by molar-refractivity contribution is 5.76. The first-order valence-electron chi connectivity index (χ1n) is 8.10. The SMILES string of the molecule is O=C(Cn1nc(C(F)F)cc1C(F)F)N1CCN(Cc2ccco2)CC1. The van der Waals surface area contributed by atoms with Gasteiger partial charge in [-0.3, -0.25) is 14.4 Å². The van der Waals surface area contributed by atoms with Gasteiger partial charge in [0.1, 0.15) is 23.7 Å². The lowest BCUT2D eigenvalue weighted by Gasteiger charge is -2.34. The second-order valence-corrected chi connectivity index (χ2v) is 5.99. The highest BCUT2D eigenvalue weighted by atomic mass is 19.3. The molecular formula is C16H18F4N4O2. The van der Waals surface area contributed by atoms with Crippen molar-refractivity contribution in [1.29, 1.82) is 0 Å². The Morgan fingerprint density at radius 1 is 1.15 bits per heavy atom. The molecule has 1 fully saturated rings. The zero-order valence-electron chi connectivity index (χ0n) is 13.8. The highest BCUT2D eigenvalue weighted by Crippen LogP contribution is 2.25. The normalized spacial score (nSPS) is 16.0. The van der Waals surface area contributed by atoms with Crippen LogP contribution in [0, 0.1) is 0 Å². The first kappa shape index (κ1) is 18.4. The molecule has 3 rings (SSSR count). The van der Waals surface area contributed by atoms with Crippen LogP contribution in [0.5, 0.6) is 0 Å². The number of hydrogen-bond acceptors (Lipinski definition) is 4. The highest BCUT2D eigenvalue weighted by Gasteiger charge is 2.26. The Morgan fingerprint density at radius 2 is 1.88 bits per heavy atom. The van der Waals surface area contributed by atoms with Crippen LogP contribution in [-0.4, -0.2) is 51.7 Å². The molecular weight excluding hydrogens is 356 g/mol. The Balaban J connectivity index is 1.57. The topological polar surface area (TPSA) is 54.5 Å². The maximum absolute atomic E-state index is 13.0. The molecule has 3 heterocycles. The van der Waals surface area contributed by atoms with Gasteiger partial charge in [0.15, 0.2) is 0 Å². The van der Waals surface area contributed by atoms with E-state index >= 15 is 0 Å². The van der Waals surface area contributed by atoms with Crippen molar-refractivity contribution in [3.63, 3.8) is 0 Å². The van der Waals surface area contributed by atoms with Gasteiger partial charge in [-0.15, -0.1) is 0 Å². The van der Waals surface area contributed by atoms with Crippen molar-refractivity contribution in [1.82, 2.24) is 19.6 Å². The van der Waals surface area contributed by atoms with E-state index in [2.05, 4.69) is 10.00 Å². The lowest BCUT2D eigenvalue weighted by atomic mass is 10.3. The van der Waals surface area contributed by atoms with E-state index in [4.69, 9.17) is 4.42 Å². The molecule has 0 radical (unpaired) electrons. The first-order valence-corrected chi connectivity index (χ1v) is 8.10. The summed E-state index contributed by atoms with van der Waals surface area (Å²) in [6.45, 7) is 2.20. The lowest BCUT2D eigenvalue weighted by molar-refractivity contribution is -0.134. The number of alkyl halides is 4. The van der Waals surface area contributed by atoms with E-state index < -0.39 is 36.7 Å². The number of halogens is 4. The van der Waals surface area contributed by atoms with E-state index in [0.29, 0.717) is 43.5 Å². The fourth-order valence-electron chi connectivity index (χ4n) is 2.87. The summed E-state index contributed by atoms with van der Waals surface area (Å²) in [5, 5.41) is 3.45. The predicted octanol–water partition coefficient (Wildman–Crippen LogP) is 2.70. The molecule has 142 valence electrons. The Morgan fingerprint density at radius 3 is 2.46 bits per heavy atom. The minimum Gasteiger partial charge on any atom is -0.468 e. The second kappa shape index (κ2) is 7.90. The Labute approximate surface area is 147 Å². The van der Waals surface area contributed by atoms with Crippen molar-refractivity contribution in [3.05, 3.63) is 41.6 Å². The molecule has 1 saturated heterocycles. The summed E-state index contributed by atoms with van der Waals surface area (Å²) in [4.78, 5) is 16.0. The van der Waals surface area contributed by atoms with Gasteiger partial charge < -0.3 is 9.32 Å². The molecule has 0 aliphatic carbocycles. The third-order valence-electron chi connectivity index (χ3n) is 4.25. The maximum atomic E-state index is 13.0. The van der Waals surface area contributed by atoms with Crippen LogP contribution in [0.4, 0.5) is 17.6 Å². The molecule has 0 bridgehead atoms. The summed E-state index contributed by atoms with van der Waals surface area (Å²) in [5.74, 6) is 0.399. The summed E-state index contributed by atoms with van der Waals surface area (Å²) in [6, 6.07) is 4.30. The molecule has 6 nitrogen and oxygen atoms in total. The van der Waals surface area contributed by atoms with E-state index in [9.17, 15) is 22.4 Å². The molecule has 0 atom stereocenters. The minimum atomic E-state index is -2.98. The van der Waals surface area contributed by atoms with E-state index in [1.165, 1.54) is 4.90 Å². The van der Waals surface area contributed by atoms with E-state index in [1.54, 1.807) is 12.3 Å². The fraction of sp³-hybridized carbons (Fsp3) is 0.500. The molecule has 0 spiro atoms. The van der Waals surface area contributed by atoms with E-state index in [0.717, 1.165) is 5.76 Å². The fourth-order valence-corrected chi connectivity index (χ4v) is 2.87. The number of nitrogens with zero attached hydrogens (tertiary/aromatic N) is 4. The second-order valence-electron chi connectivity index (χ2n) is 5.99. The lowest BCUT2D eigenvalue weighted by Crippen LogP contribution is -2.49. The molecule has 1 amide bonds. The molecule has 0 unspecified atom stereocenters. The number of hydrogen-bond donors (Lipinski definition) is 0. The van der Waals surface area contributed by atoms with Gasteiger partial charge in [0.2, 0.25) is 5.91 Å². The molecule has 0 aromatic carbocycles. The van der Waals surface area contributed by atoms with Gasteiger partial charge in [-0.2, -0.15) is 5.10 Å². The standard InChI is InChI=1S/C16H18F4N4O2/c17-15(18)12-8-13(16(19)20)24(21-12)10-14(25)23-5-3-22(4-6-23)9-11-2-1-7-26-11/h1-2,7-8,15-16H,3-6,9-10H2. The maximum Gasteiger partial charge on any atom is 0.282 e. The first-order chi connectivity index (χ1) is 12.4. The Bertz CT molecular complexity index is 725. The smallest absolute Gasteiger partial charge is 0.282 e. The van der Waals surface area contributed by atoms with Crippen LogP contribution in [0.15, 0.2) is 28.9 Å².